The van der Waals surface area contributed by atoms with Gasteiger partial charge < -0.3 is 10.8 Å². The number of primary amides is 1. The van der Waals surface area contributed by atoms with Crippen molar-refractivity contribution in [2.75, 3.05) is 5.75 Å². The maximum atomic E-state index is 11.8. The van der Waals surface area contributed by atoms with Crippen LogP contribution in [-0.4, -0.2) is 42.1 Å². The van der Waals surface area contributed by atoms with E-state index in [2.05, 4.69) is 10.1 Å². The van der Waals surface area contributed by atoms with Gasteiger partial charge in [-0.15, -0.1) is 0 Å². The lowest BCUT2D eigenvalue weighted by Gasteiger charge is -2.25. The third kappa shape index (κ3) is 2.48. The van der Waals surface area contributed by atoms with Gasteiger partial charge in [-0.3, -0.25) is 18.8 Å². The lowest BCUT2D eigenvalue weighted by molar-refractivity contribution is -0.133. The van der Waals surface area contributed by atoms with Crippen molar-refractivity contribution in [2.45, 2.75) is 31.5 Å². The SMILES string of the molecule is Cc1nn(C)c2c1nc(SCC(=O)O)n2C(C)(C)C(N)=O. The normalized spacial score (nSPS) is 12.0. The number of hydrogen-bond acceptors (Lipinski definition) is 5. The number of imidazole rings is 1. The van der Waals surface area contributed by atoms with Gasteiger partial charge in [-0.2, -0.15) is 5.10 Å². The molecule has 0 atom stereocenters. The van der Waals surface area contributed by atoms with Gasteiger partial charge in [0.15, 0.2) is 10.8 Å². The molecule has 0 unspecified atom stereocenters. The number of rotatable bonds is 5. The largest absolute Gasteiger partial charge is 0.481 e. The Balaban J connectivity index is 2.70. The molecule has 0 bridgehead atoms. The molecule has 1 amide bonds. The minimum atomic E-state index is -1.05. The smallest absolute Gasteiger partial charge is 0.313 e. The molecule has 0 aromatic carbocycles. The van der Waals surface area contributed by atoms with E-state index in [4.69, 9.17) is 10.8 Å². The first-order chi connectivity index (χ1) is 9.66. The number of nitrogens with zero attached hydrogens (tertiary/aromatic N) is 4. The van der Waals surface area contributed by atoms with E-state index >= 15 is 0 Å². The fraction of sp³-hybridized carbons (Fsp3) is 0.500. The Morgan fingerprint density at radius 3 is 2.57 bits per heavy atom. The highest BCUT2D eigenvalue weighted by Gasteiger charge is 2.34. The summed E-state index contributed by atoms with van der Waals surface area (Å²) in [4.78, 5) is 27.0. The summed E-state index contributed by atoms with van der Waals surface area (Å²) in [6, 6.07) is 0. The summed E-state index contributed by atoms with van der Waals surface area (Å²) in [7, 11) is 1.75. The summed E-state index contributed by atoms with van der Waals surface area (Å²) >= 11 is 1.05. The van der Waals surface area contributed by atoms with Crippen molar-refractivity contribution in [1.82, 2.24) is 19.3 Å². The molecule has 0 saturated heterocycles. The minimum Gasteiger partial charge on any atom is -0.481 e. The number of carboxylic acid groups (broad SMARTS) is 1. The summed E-state index contributed by atoms with van der Waals surface area (Å²) in [6.07, 6.45) is 0. The first-order valence-corrected chi connectivity index (χ1v) is 7.21. The summed E-state index contributed by atoms with van der Waals surface area (Å²) in [5, 5.41) is 13.6. The van der Waals surface area contributed by atoms with Gasteiger partial charge in [-0.1, -0.05) is 11.8 Å². The van der Waals surface area contributed by atoms with E-state index in [1.807, 2.05) is 6.92 Å². The van der Waals surface area contributed by atoms with Crippen molar-refractivity contribution in [1.29, 1.82) is 0 Å². The average Bonchev–Trinajstić information content (AvgIpc) is 2.86. The summed E-state index contributed by atoms with van der Waals surface area (Å²) < 4.78 is 3.27. The Bertz CT molecular complexity index is 731. The number of amides is 1. The van der Waals surface area contributed by atoms with Crippen LogP contribution in [0.3, 0.4) is 0 Å². The highest BCUT2D eigenvalue weighted by atomic mass is 32.2. The first-order valence-electron chi connectivity index (χ1n) is 6.23. The Labute approximate surface area is 125 Å². The summed E-state index contributed by atoms with van der Waals surface area (Å²) in [5.41, 5.74) is 6.44. The van der Waals surface area contributed by atoms with Gasteiger partial charge in [0, 0.05) is 7.05 Å². The third-order valence-corrected chi connectivity index (χ3v) is 4.18. The van der Waals surface area contributed by atoms with Crippen molar-refractivity contribution in [3.63, 3.8) is 0 Å². The molecule has 8 nitrogen and oxygen atoms in total. The van der Waals surface area contributed by atoms with E-state index in [0.29, 0.717) is 22.0 Å². The number of carbonyl (C=O) groups is 2. The lowest BCUT2D eigenvalue weighted by Crippen LogP contribution is -2.41. The van der Waals surface area contributed by atoms with Crippen LogP contribution >= 0.6 is 11.8 Å². The highest BCUT2D eigenvalue weighted by Crippen LogP contribution is 2.31. The van der Waals surface area contributed by atoms with E-state index in [-0.39, 0.29) is 5.75 Å². The number of nitrogens with two attached hydrogens (primary N) is 1. The predicted octanol–water partition coefficient (Wildman–Crippen LogP) is 0.475. The molecule has 0 saturated carbocycles. The molecule has 2 rings (SSSR count). The Morgan fingerprint density at radius 1 is 1.43 bits per heavy atom. The van der Waals surface area contributed by atoms with Crippen molar-refractivity contribution < 1.29 is 14.7 Å². The second kappa shape index (κ2) is 5.06. The number of fused-ring (bicyclic) bond motifs is 1. The van der Waals surface area contributed by atoms with Gasteiger partial charge >= 0.3 is 5.97 Å². The zero-order chi connectivity index (χ0) is 15.9. The zero-order valence-electron chi connectivity index (χ0n) is 12.2. The standard InChI is InChI=1S/C12H17N5O3S/c1-6-8-9(16(4)15-6)17(12(2,3)10(13)20)11(14-8)21-5-7(18)19/h5H2,1-4H3,(H2,13,20)(H,18,19). The van der Waals surface area contributed by atoms with E-state index in [1.54, 1.807) is 30.1 Å². The third-order valence-electron chi connectivity index (χ3n) is 3.26. The topological polar surface area (TPSA) is 116 Å². The van der Waals surface area contributed by atoms with E-state index in [1.165, 1.54) is 0 Å². The molecule has 3 N–H and O–H groups in total. The zero-order valence-corrected chi connectivity index (χ0v) is 13.1. The summed E-state index contributed by atoms with van der Waals surface area (Å²) in [5.74, 6) is -1.63. The Kier molecular flexibility index (Phi) is 3.70. The summed E-state index contributed by atoms with van der Waals surface area (Å²) in [6.45, 7) is 5.15. The monoisotopic (exact) mass is 311 g/mol. The van der Waals surface area contributed by atoms with Crippen LogP contribution in [0.2, 0.25) is 0 Å². The second-order valence-electron chi connectivity index (χ2n) is 5.22. The number of carbonyl (C=O) groups excluding carboxylic acids is 1. The van der Waals surface area contributed by atoms with Crippen LogP contribution in [0.15, 0.2) is 5.16 Å². The number of thioether (sulfide) groups is 1. The van der Waals surface area contributed by atoms with Gasteiger partial charge in [0.2, 0.25) is 5.91 Å². The van der Waals surface area contributed by atoms with Gasteiger partial charge in [0.1, 0.15) is 11.1 Å². The van der Waals surface area contributed by atoms with Crippen LogP contribution in [0.1, 0.15) is 19.5 Å². The molecule has 2 aromatic heterocycles. The molecule has 0 fully saturated rings. The molecule has 0 spiro atoms. The van der Waals surface area contributed by atoms with Crippen molar-refractivity contribution in [2.24, 2.45) is 12.8 Å². The van der Waals surface area contributed by atoms with Crippen LogP contribution in [0.5, 0.6) is 0 Å². The Hall–Kier alpha value is -2.03. The fourth-order valence-corrected chi connectivity index (χ4v) is 2.94. The van der Waals surface area contributed by atoms with Crippen molar-refractivity contribution in [3.8, 4) is 0 Å². The number of aliphatic carboxylic acids is 1. The highest BCUT2D eigenvalue weighted by molar-refractivity contribution is 7.99. The van der Waals surface area contributed by atoms with Crippen molar-refractivity contribution in [3.05, 3.63) is 5.69 Å². The maximum absolute atomic E-state index is 11.8. The van der Waals surface area contributed by atoms with Gasteiger partial charge in [-0.05, 0) is 20.8 Å². The molecule has 9 heteroatoms. The first kappa shape index (κ1) is 15.4. The average molecular weight is 311 g/mol. The fourth-order valence-electron chi connectivity index (χ4n) is 2.09. The van der Waals surface area contributed by atoms with Crippen LogP contribution < -0.4 is 5.73 Å². The molecular formula is C12H17N5O3S. The second-order valence-corrected chi connectivity index (χ2v) is 6.16. The molecule has 114 valence electrons. The van der Waals surface area contributed by atoms with Crippen LogP contribution in [0.25, 0.3) is 11.2 Å². The number of aryl methyl sites for hydroxylation is 2. The maximum Gasteiger partial charge on any atom is 0.313 e. The Morgan fingerprint density at radius 2 is 2.05 bits per heavy atom. The van der Waals surface area contributed by atoms with Crippen molar-refractivity contribution >= 4 is 34.8 Å². The lowest BCUT2D eigenvalue weighted by atomic mass is 10.1. The minimum absolute atomic E-state index is 0.148. The number of hydrogen-bond donors (Lipinski definition) is 2. The quantitative estimate of drug-likeness (QED) is 0.776. The molecular weight excluding hydrogens is 294 g/mol. The molecule has 0 radical (unpaired) electrons. The van der Waals surface area contributed by atoms with E-state index in [9.17, 15) is 9.59 Å². The molecule has 0 aliphatic carbocycles. The van der Waals surface area contributed by atoms with Crippen LogP contribution in [0, 0.1) is 6.92 Å². The molecule has 2 heterocycles. The number of aromatic nitrogens is 4. The van der Waals surface area contributed by atoms with E-state index in [0.717, 1.165) is 11.8 Å². The van der Waals surface area contributed by atoms with Gasteiger partial charge in [0.05, 0.1) is 11.4 Å². The molecule has 2 aromatic rings. The van der Waals surface area contributed by atoms with Gasteiger partial charge in [0.25, 0.3) is 0 Å². The molecule has 21 heavy (non-hydrogen) atoms. The van der Waals surface area contributed by atoms with Crippen LogP contribution in [-0.2, 0) is 22.2 Å². The predicted molar refractivity (Wildman–Crippen MR) is 78.1 cm³/mol. The molecule has 0 aliphatic rings. The number of carboxylic acids is 1. The van der Waals surface area contributed by atoms with Crippen LogP contribution in [0.4, 0.5) is 0 Å². The molecule has 0 aliphatic heterocycles. The van der Waals surface area contributed by atoms with Gasteiger partial charge in [-0.25, -0.2) is 4.98 Å². The van der Waals surface area contributed by atoms with E-state index < -0.39 is 17.4 Å².